The maximum absolute atomic E-state index is 12.2. The van der Waals surface area contributed by atoms with Gasteiger partial charge in [0, 0.05) is 24.3 Å². The van der Waals surface area contributed by atoms with Crippen molar-refractivity contribution in [2.45, 2.75) is 19.5 Å². The van der Waals surface area contributed by atoms with Crippen molar-refractivity contribution in [3.05, 3.63) is 72.3 Å². The Morgan fingerprint density at radius 1 is 1.16 bits per heavy atom. The second kappa shape index (κ2) is 7.04. The Bertz CT molecular complexity index is 883. The zero-order chi connectivity index (χ0) is 17.8. The van der Waals surface area contributed by atoms with Crippen LogP contribution in [-0.2, 0) is 11.3 Å². The van der Waals surface area contributed by atoms with Crippen molar-refractivity contribution in [2.24, 2.45) is 0 Å². The summed E-state index contributed by atoms with van der Waals surface area (Å²) in [5.74, 6) is -1.35. The number of hydrogen-bond donors (Lipinski definition) is 2. The zero-order valence-electron chi connectivity index (χ0n) is 13.7. The molecular formula is C18H18N4O3. The summed E-state index contributed by atoms with van der Waals surface area (Å²) in [5, 5.41) is 15.6. The molecule has 2 N–H and O–H groups in total. The van der Waals surface area contributed by atoms with Crippen molar-refractivity contribution in [3.63, 3.8) is 0 Å². The summed E-state index contributed by atoms with van der Waals surface area (Å²) in [4.78, 5) is 23.0. The quantitative estimate of drug-likeness (QED) is 0.721. The van der Waals surface area contributed by atoms with E-state index in [1.54, 1.807) is 0 Å². The SMILES string of the molecule is C[C@H](NC(=O)Cn1ccc(C(=O)O)n1)c1cccc(-n2cccc2)c1. The van der Waals surface area contributed by atoms with Crippen molar-refractivity contribution in [2.75, 3.05) is 0 Å². The van der Waals surface area contributed by atoms with E-state index in [4.69, 9.17) is 5.11 Å². The van der Waals surface area contributed by atoms with Crippen LogP contribution in [0.1, 0.15) is 29.0 Å². The second-order valence-corrected chi connectivity index (χ2v) is 5.68. The predicted molar refractivity (Wildman–Crippen MR) is 91.5 cm³/mol. The Kier molecular flexibility index (Phi) is 4.65. The van der Waals surface area contributed by atoms with Crippen molar-refractivity contribution in [1.82, 2.24) is 19.7 Å². The second-order valence-electron chi connectivity index (χ2n) is 5.68. The minimum Gasteiger partial charge on any atom is -0.476 e. The van der Waals surface area contributed by atoms with Gasteiger partial charge in [0.05, 0.1) is 6.04 Å². The lowest BCUT2D eigenvalue weighted by molar-refractivity contribution is -0.122. The molecule has 25 heavy (non-hydrogen) atoms. The normalized spacial score (nSPS) is 11.9. The van der Waals surface area contributed by atoms with Crippen LogP contribution in [0.4, 0.5) is 0 Å². The Morgan fingerprint density at radius 3 is 2.60 bits per heavy atom. The largest absolute Gasteiger partial charge is 0.476 e. The predicted octanol–water partition coefficient (Wildman–Crippen LogP) is 2.25. The van der Waals surface area contributed by atoms with Gasteiger partial charge in [0.2, 0.25) is 5.91 Å². The molecule has 0 aliphatic rings. The first-order valence-electron chi connectivity index (χ1n) is 7.82. The first kappa shape index (κ1) is 16.5. The number of carboxylic acids is 1. The van der Waals surface area contributed by atoms with E-state index in [1.165, 1.54) is 16.9 Å². The first-order chi connectivity index (χ1) is 12.0. The molecule has 0 saturated carbocycles. The molecular weight excluding hydrogens is 320 g/mol. The third kappa shape index (κ3) is 3.95. The summed E-state index contributed by atoms with van der Waals surface area (Å²) < 4.78 is 3.30. The van der Waals surface area contributed by atoms with E-state index in [-0.39, 0.29) is 24.2 Å². The lowest BCUT2D eigenvalue weighted by atomic mass is 10.1. The van der Waals surface area contributed by atoms with E-state index in [9.17, 15) is 9.59 Å². The Morgan fingerprint density at radius 2 is 1.92 bits per heavy atom. The minimum atomic E-state index is -1.12. The average molecular weight is 338 g/mol. The average Bonchev–Trinajstić information content (AvgIpc) is 3.26. The van der Waals surface area contributed by atoms with Crippen LogP contribution in [0.3, 0.4) is 0 Å². The Hall–Kier alpha value is -3.35. The number of carbonyl (C=O) groups is 2. The van der Waals surface area contributed by atoms with E-state index in [0.717, 1.165) is 11.3 Å². The number of hydrogen-bond acceptors (Lipinski definition) is 3. The fourth-order valence-electron chi connectivity index (χ4n) is 2.54. The molecule has 1 atom stereocenters. The molecule has 0 aliphatic heterocycles. The number of rotatable bonds is 6. The molecule has 3 rings (SSSR count). The number of aromatic carboxylic acids is 1. The van der Waals surface area contributed by atoms with Crippen LogP contribution >= 0.6 is 0 Å². The standard InChI is InChI=1S/C18H18N4O3/c1-13(14-5-4-6-15(11-14)21-8-2-3-9-21)19-17(23)12-22-10-7-16(20-22)18(24)25/h2-11,13H,12H2,1H3,(H,19,23)(H,24,25)/t13-/m0/s1. The number of carbonyl (C=O) groups excluding carboxylic acids is 1. The molecule has 2 heterocycles. The van der Waals surface area contributed by atoms with Gasteiger partial charge in [0.15, 0.2) is 5.69 Å². The molecule has 1 aromatic carbocycles. The van der Waals surface area contributed by atoms with Crippen molar-refractivity contribution >= 4 is 11.9 Å². The highest BCUT2D eigenvalue weighted by Gasteiger charge is 2.13. The third-order valence-electron chi connectivity index (χ3n) is 3.82. The van der Waals surface area contributed by atoms with Crippen LogP contribution in [-0.4, -0.2) is 31.3 Å². The smallest absolute Gasteiger partial charge is 0.356 e. The van der Waals surface area contributed by atoms with Crippen LogP contribution in [0.15, 0.2) is 61.1 Å². The molecule has 0 spiro atoms. The van der Waals surface area contributed by atoms with Gasteiger partial charge in [-0.3, -0.25) is 9.48 Å². The third-order valence-corrected chi connectivity index (χ3v) is 3.82. The Balaban J connectivity index is 1.65. The molecule has 0 saturated heterocycles. The molecule has 2 aromatic heterocycles. The van der Waals surface area contributed by atoms with Crippen LogP contribution in [0.2, 0.25) is 0 Å². The molecule has 3 aromatic rings. The molecule has 0 fully saturated rings. The van der Waals surface area contributed by atoms with Gasteiger partial charge < -0.3 is 15.0 Å². The number of amides is 1. The zero-order valence-corrected chi connectivity index (χ0v) is 13.7. The van der Waals surface area contributed by atoms with Gasteiger partial charge in [0.25, 0.3) is 0 Å². The number of carboxylic acid groups (broad SMARTS) is 1. The molecule has 7 nitrogen and oxygen atoms in total. The molecule has 0 unspecified atom stereocenters. The summed E-state index contributed by atoms with van der Waals surface area (Å²) in [6, 6.07) is 13.0. The van der Waals surface area contributed by atoms with E-state index < -0.39 is 5.97 Å². The van der Waals surface area contributed by atoms with E-state index in [0.29, 0.717) is 0 Å². The first-order valence-corrected chi connectivity index (χ1v) is 7.82. The molecule has 7 heteroatoms. The fourth-order valence-corrected chi connectivity index (χ4v) is 2.54. The van der Waals surface area contributed by atoms with Crippen LogP contribution in [0.5, 0.6) is 0 Å². The number of benzene rings is 1. The summed E-state index contributed by atoms with van der Waals surface area (Å²) in [7, 11) is 0. The molecule has 0 bridgehead atoms. The summed E-state index contributed by atoms with van der Waals surface area (Å²) in [5.41, 5.74) is 1.91. The van der Waals surface area contributed by atoms with E-state index >= 15 is 0 Å². The van der Waals surface area contributed by atoms with Gasteiger partial charge in [-0.25, -0.2) is 4.79 Å². The van der Waals surface area contributed by atoms with Crippen LogP contribution in [0, 0.1) is 0 Å². The number of nitrogens with zero attached hydrogens (tertiary/aromatic N) is 3. The van der Waals surface area contributed by atoms with E-state index in [1.807, 2.05) is 60.3 Å². The summed E-state index contributed by atoms with van der Waals surface area (Å²) in [6.07, 6.45) is 5.39. The fraction of sp³-hybridized carbons (Fsp3) is 0.167. The summed E-state index contributed by atoms with van der Waals surface area (Å²) >= 11 is 0. The minimum absolute atomic E-state index is 0.0328. The highest BCUT2D eigenvalue weighted by atomic mass is 16.4. The monoisotopic (exact) mass is 338 g/mol. The van der Waals surface area contributed by atoms with Crippen molar-refractivity contribution in [1.29, 1.82) is 0 Å². The van der Waals surface area contributed by atoms with Gasteiger partial charge in [0.1, 0.15) is 6.54 Å². The lowest BCUT2D eigenvalue weighted by Gasteiger charge is -2.16. The molecule has 128 valence electrons. The maximum Gasteiger partial charge on any atom is 0.356 e. The summed E-state index contributed by atoms with van der Waals surface area (Å²) in [6.45, 7) is 1.87. The highest BCUT2D eigenvalue weighted by molar-refractivity contribution is 5.85. The van der Waals surface area contributed by atoms with Gasteiger partial charge >= 0.3 is 5.97 Å². The highest BCUT2D eigenvalue weighted by Crippen LogP contribution is 2.17. The van der Waals surface area contributed by atoms with Crippen molar-refractivity contribution < 1.29 is 14.7 Å². The molecule has 1 amide bonds. The number of nitrogens with one attached hydrogen (secondary N) is 1. The molecule has 0 aliphatic carbocycles. The van der Waals surface area contributed by atoms with Crippen LogP contribution < -0.4 is 5.32 Å². The van der Waals surface area contributed by atoms with Gasteiger partial charge in [-0.2, -0.15) is 5.10 Å². The Labute approximate surface area is 144 Å². The molecule has 0 radical (unpaired) electrons. The van der Waals surface area contributed by atoms with Crippen molar-refractivity contribution in [3.8, 4) is 5.69 Å². The lowest BCUT2D eigenvalue weighted by Crippen LogP contribution is -2.30. The van der Waals surface area contributed by atoms with Gasteiger partial charge in [-0.1, -0.05) is 12.1 Å². The van der Waals surface area contributed by atoms with Crippen LogP contribution in [0.25, 0.3) is 5.69 Å². The van der Waals surface area contributed by atoms with Gasteiger partial charge in [-0.15, -0.1) is 0 Å². The van der Waals surface area contributed by atoms with Gasteiger partial charge in [-0.05, 0) is 42.8 Å². The number of aromatic nitrogens is 3. The maximum atomic E-state index is 12.2. The topological polar surface area (TPSA) is 89.2 Å². The van der Waals surface area contributed by atoms with E-state index in [2.05, 4.69) is 10.4 Å².